The summed E-state index contributed by atoms with van der Waals surface area (Å²) in [6.45, 7) is 3.20. The van der Waals surface area contributed by atoms with Crippen LogP contribution in [0.15, 0.2) is 48.8 Å². The van der Waals surface area contributed by atoms with Crippen LogP contribution in [0.4, 0.5) is 0 Å². The monoisotopic (exact) mass is 497 g/mol. The highest BCUT2D eigenvalue weighted by atomic mass is 16.2. The van der Waals surface area contributed by atoms with E-state index in [0.29, 0.717) is 30.9 Å². The summed E-state index contributed by atoms with van der Waals surface area (Å²) in [5.41, 5.74) is 4.91. The van der Waals surface area contributed by atoms with Crippen LogP contribution in [0.25, 0.3) is 10.9 Å². The lowest BCUT2D eigenvalue weighted by molar-refractivity contribution is 0.0695. The van der Waals surface area contributed by atoms with Gasteiger partial charge < -0.3 is 9.80 Å². The van der Waals surface area contributed by atoms with Gasteiger partial charge in [0.2, 0.25) is 0 Å². The van der Waals surface area contributed by atoms with Gasteiger partial charge in [-0.2, -0.15) is 10.2 Å². The van der Waals surface area contributed by atoms with Gasteiger partial charge in [-0.3, -0.25) is 24.4 Å². The number of aromatic amines is 1. The van der Waals surface area contributed by atoms with E-state index >= 15 is 0 Å². The van der Waals surface area contributed by atoms with Gasteiger partial charge >= 0.3 is 0 Å². The number of H-pyrrole nitrogens is 1. The van der Waals surface area contributed by atoms with E-state index in [-0.39, 0.29) is 11.8 Å². The van der Waals surface area contributed by atoms with E-state index in [2.05, 4.69) is 21.2 Å². The quantitative estimate of drug-likeness (QED) is 0.439. The van der Waals surface area contributed by atoms with Crippen LogP contribution in [0, 0.1) is 0 Å². The summed E-state index contributed by atoms with van der Waals surface area (Å²) in [7, 11) is 0. The van der Waals surface area contributed by atoms with Crippen LogP contribution in [0.2, 0.25) is 0 Å². The summed E-state index contributed by atoms with van der Waals surface area (Å²) in [6, 6.07) is 11.7. The topological polar surface area (TPSA) is 100 Å². The maximum absolute atomic E-state index is 13.6. The number of hydrogen-bond acceptors (Lipinski definition) is 5. The molecule has 9 heteroatoms. The molecule has 4 aromatic rings. The number of rotatable bonds is 6. The largest absolute Gasteiger partial charge is 0.337 e. The van der Waals surface area contributed by atoms with E-state index in [1.165, 1.54) is 5.56 Å². The molecule has 3 aromatic heterocycles. The number of piperidine rings is 1. The Hall–Kier alpha value is -4.01. The van der Waals surface area contributed by atoms with E-state index in [1.54, 1.807) is 11.1 Å². The molecular formula is C28H31N7O2. The summed E-state index contributed by atoms with van der Waals surface area (Å²) in [5, 5.41) is 12.9. The number of nitrogens with zero attached hydrogens (tertiary/aromatic N) is 6. The van der Waals surface area contributed by atoms with E-state index in [4.69, 9.17) is 5.10 Å². The molecule has 0 spiro atoms. The first kappa shape index (κ1) is 23.4. The number of hydrogen-bond donors (Lipinski definition) is 1. The number of aryl methyl sites for hydroxylation is 2. The van der Waals surface area contributed by atoms with Crippen molar-refractivity contribution in [2.45, 2.75) is 51.6 Å². The average Bonchev–Trinajstić information content (AvgIpc) is 3.55. The lowest BCUT2D eigenvalue weighted by Gasteiger charge is -2.29. The molecule has 1 fully saturated rings. The number of likely N-dealkylation sites (tertiary alicyclic amines) is 1. The number of carbonyl (C=O) groups excluding carboxylic acids is 2. The molecule has 2 amide bonds. The fourth-order valence-electron chi connectivity index (χ4n) is 5.52. The standard InChI is InChI=1S/C28H31N7O2/c36-27(25-21-10-2-3-11-23(21)30-31-25)34-17-12-24-22(19-34)26(28(37)33-14-4-1-5-15-33)32-35(24)16-7-9-20-8-6-13-29-18-20/h2-3,6,8,10-11,13,18H,1,4-5,7,9,12,14-17,19H2,(H,30,31). The maximum Gasteiger partial charge on any atom is 0.275 e. The van der Waals surface area contributed by atoms with Gasteiger partial charge in [-0.25, -0.2) is 0 Å². The summed E-state index contributed by atoms with van der Waals surface area (Å²) in [5.74, 6) is -0.134. The van der Waals surface area contributed by atoms with Crippen molar-refractivity contribution < 1.29 is 9.59 Å². The minimum Gasteiger partial charge on any atom is -0.337 e. The van der Waals surface area contributed by atoms with Crippen LogP contribution in [-0.4, -0.2) is 66.2 Å². The minimum absolute atomic E-state index is 0.0125. The molecule has 190 valence electrons. The van der Waals surface area contributed by atoms with Gasteiger partial charge in [0.1, 0.15) is 0 Å². The first-order valence-electron chi connectivity index (χ1n) is 13.2. The Kier molecular flexibility index (Phi) is 6.42. The van der Waals surface area contributed by atoms with Crippen molar-refractivity contribution in [1.29, 1.82) is 0 Å². The second-order valence-corrected chi connectivity index (χ2v) is 9.91. The molecule has 1 N–H and O–H groups in total. The highest BCUT2D eigenvalue weighted by Gasteiger charge is 2.33. The molecule has 5 heterocycles. The van der Waals surface area contributed by atoms with Crippen molar-refractivity contribution in [3.63, 3.8) is 0 Å². The molecule has 0 radical (unpaired) electrons. The van der Waals surface area contributed by atoms with E-state index in [9.17, 15) is 9.59 Å². The molecule has 0 bridgehead atoms. The molecule has 0 aliphatic carbocycles. The zero-order chi connectivity index (χ0) is 25.2. The van der Waals surface area contributed by atoms with Crippen molar-refractivity contribution in [2.75, 3.05) is 19.6 Å². The zero-order valence-corrected chi connectivity index (χ0v) is 20.9. The normalized spacial score (nSPS) is 15.7. The van der Waals surface area contributed by atoms with Gasteiger partial charge in [0.15, 0.2) is 11.4 Å². The second kappa shape index (κ2) is 10.2. The Labute approximate surface area is 215 Å². The van der Waals surface area contributed by atoms with E-state index in [0.717, 1.165) is 73.9 Å². The number of carbonyl (C=O) groups is 2. The lowest BCUT2D eigenvalue weighted by Crippen LogP contribution is -2.39. The third kappa shape index (κ3) is 4.61. The number of nitrogens with one attached hydrogen (secondary N) is 1. The molecule has 2 aliphatic heterocycles. The molecular weight excluding hydrogens is 466 g/mol. The Morgan fingerprint density at radius 1 is 0.919 bits per heavy atom. The van der Waals surface area contributed by atoms with Crippen LogP contribution in [0.1, 0.15) is 63.5 Å². The second-order valence-electron chi connectivity index (χ2n) is 9.91. The molecule has 0 unspecified atom stereocenters. The fourth-order valence-corrected chi connectivity index (χ4v) is 5.52. The SMILES string of the molecule is O=C(c1nn(CCCc2cccnc2)c2c1CN(C(=O)c1n[nH]c3ccccc13)CC2)N1CCCCC1. The Morgan fingerprint density at radius 2 is 1.76 bits per heavy atom. The van der Waals surface area contributed by atoms with Gasteiger partial charge in [-0.15, -0.1) is 0 Å². The Bertz CT molecular complexity index is 1420. The predicted molar refractivity (Wildman–Crippen MR) is 139 cm³/mol. The first-order chi connectivity index (χ1) is 18.2. The number of para-hydroxylation sites is 1. The van der Waals surface area contributed by atoms with E-state index < -0.39 is 0 Å². The van der Waals surface area contributed by atoms with Crippen molar-refractivity contribution in [1.82, 2.24) is 34.8 Å². The molecule has 1 aromatic carbocycles. The Balaban J connectivity index is 1.27. The highest BCUT2D eigenvalue weighted by Crippen LogP contribution is 2.27. The van der Waals surface area contributed by atoms with Crippen LogP contribution in [0.5, 0.6) is 0 Å². The predicted octanol–water partition coefficient (Wildman–Crippen LogP) is 3.61. The number of amides is 2. The number of fused-ring (bicyclic) bond motifs is 2. The molecule has 0 atom stereocenters. The summed E-state index contributed by atoms with van der Waals surface area (Å²) < 4.78 is 2.01. The summed E-state index contributed by atoms with van der Waals surface area (Å²) in [4.78, 5) is 35.0. The van der Waals surface area contributed by atoms with Crippen LogP contribution in [-0.2, 0) is 25.9 Å². The molecule has 9 nitrogen and oxygen atoms in total. The number of aromatic nitrogens is 5. The van der Waals surface area contributed by atoms with E-state index in [1.807, 2.05) is 46.1 Å². The van der Waals surface area contributed by atoms with Crippen LogP contribution in [0.3, 0.4) is 0 Å². The van der Waals surface area contributed by atoms with Crippen molar-refractivity contribution in [2.24, 2.45) is 0 Å². The summed E-state index contributed by atoms with van der Waals surface area (Å²) >= 11 is 0. The van der Waals surface area contributed by atoms with Crippen molar-refractivity contribution in [3.8, 4) is 0 Å². The van der Waals surface area contributed by atoms with Gasteiger partial charge in [-0.1, -0.05) is 24.3 Å². The van der Waals surface area contributed by atoms with Gasteiger partial charge in [0.05, 0.1) is 12.1 Å². The smallest absolute Gasteiger partial charge is 0.275 e. The third-order valence-corrected chi connectivity index (χ3v) is 7.50. The molecule has 2 aliphatic rings. The van der Waals surface area contributed by atoms with Gasteiger partial charge in [0, 0.05) is 61.6 Å². The van der Waals surface area contributed by atoms with Crippen LogP contribution < -0.4 is 0 Å². The summed E-state index contributed by atoms with van der Waals surface area (Å²) in [6.07, 6.45) is 9.35. The van der Waals surface area contributed by atoms with Crippen molar-refractivity contribution in [3.05, 3.63) is 77.0 Å². The molecule has 0 saturated carbocycles. The van der Waals surface area contributed by atoms with Crippen molar-refractivity contribution >= 4 is 22.7 Å². The zero-order valence-electron chi connectivity index (χ0n) is 20.9. The third-order valence-electron chi connectivity index (χ3n) is 7.50. The first-order valence-corrected chi connectivity index (χ1v) is 13.2. The lowest BCUT2D eigenvalue weighted by atomic mass is 10.0. The number of pyridine rings is 1. The minimum atomic E-state index is -0.121. The molecule has 6 rings (SSSR count). The average molecular weight is 498 g/mol. The maximum atomic E-state index is 13.6. The van der Waals surface area contributed by atoms with Crippen LogP contribution >= 0.6 is 0 Å². The van der Waals surface area contributed by atoms with Gasteiger partial charge in [-0.05, 0) is 49.8 Å². The highest BCUT2D eigenvalue weighted by molar-refractivity contribution is 6.04. The Morgan fingerprint density at radius 3 is 2.59 bits per heavy atom. The molecule has 37 heavy (non-hydrogen) atoms. The fraction of sp³-hybridized carbons (Fsp3) is 0.393. The number of benzene rings is 1. The van der Waals surface area contributed by atoms with Gasteiger partial charge in [0.25, 0.3) is 11.8 Å². The molecule has 1 saturated heterocycles.